The number of nitrogens with zero attached hydrogens (tertiary/aromatic N) is 2. The van der Waals surface area contributed by atoms with Crippen molar-refractivity contribution in [3.63, 3.8) is 0 Å². The second-order valence-corrected chi connectivity index (χ2v) is 6.72. The third-order valence-corrected chi connectivity index (χ3v) is 5.58. The summed E-state index contributed by atoms with van der Waals surface area (Å²) in [5, 5.41) is 13.8. The van der Waals surface area contributed by atoms with Crippen molar-refractivity contribution in [2.75, 3.05) is 29.5 Å². The van der Waals surface area contributed by atoms with E-state index in [4.69, 9.17) is 5.73 Å². The van der Waals surface area contributed by atoms with E-state index < -0.39 is 10.8 Å². The van der Waals surface area contributed by atoms with Gasteiger partial charge < -0.3 is 11.1 Å². The van der Waals surface area contributed by atoms with Crippen LogP contribution < -0.4 is 11.1 Å². The molecule has 1 aliphatic rings. The number of amides is 1. The first kappa shape index (κ1) is 14.9. The van der Waals surface area contributed by atoms with E-state index >= 15 is 0 Å². The SMILES string of the molecule is Nc1ncc([N+](=O)[O-])cc1C(=O)NCC1CSCCS1. The van der Waals surface area contributed by atoms with E-state index in [1.165, 1.54) is 0 Å². The van der Waals surface area contributed by atoms with Crippen LogP contribution in [0, 0.1) is 10.1 Å². The first-order valence-corrected chi connectivity index (χ1v) is 8.15. The first-order chi connectivity index (χ1) is 9.58. The normalized spacial score (nSPS) is 18.5. The van der Waals surface area contributed by atoms with Crippen LogP contribution in [0.4, 0.5) is 11.5 Å². The second kappa shape index (κ2) is 6.80. The number of thioether (sulfide) groups is 2. The van der Waals surface area contributed by atoms with Crippen LogP contribution >= 0.6 is 23.5 Å². The molecule has 0 radical (unpaired) electrons. The van der Waals surface area contributed by atoms with Gasteiger partial charge in [-0.15, -0.1) is 0 Å². The Bertz CT molecular complexity index is 520. The zero-order valence-corrected chi connectivity index (χ0v) is 12.2. The molecule has 1 saturated heterocycles. The molecule has 1 aromatic rings. The largest absolute Gasteiger partial charge is 0.383 e. The molecule has 9 heteroatoms. The van der Waals surface area contributed by atoms with Crippen molar-refractivity contribution in [3.05, 3.63) is 27.9 Å². The van der Waals surface area contributed by atoms with Gasteiger partial charge in [0.25, 0.3) is 11.6 Å². The molecule has 1 unspecified atom stereocenters. The highest BCUT2D eigenvalue weighted by molar-refractivity contribution is 8.06. The highest BCUT2D eigenvalue weighted by Gasteiger charge is 2.19. The van der Waals surface area contributed by atoms with Crippen molar-refractivity contribution in [2.45, 2.75) is 5.25 Å². The Hall–Kier alpha value is -1.48. The Balaban J connectivity index is 2.00. The molecule has 0 saturated carbocycles. The summed E-state index contributed by atoms with van der Waals surface area (Å²) in [6, 6.07) is 1.15. The number of rotatable bonds is 4. The average molecular weight is 314 g/mol. The fourth-order valence-electron chi connectivity index (χ4n) is 1.70. The Labute approximate surface area is 124 Å². The highest BCUT2D eigenvalue weighted by Crippen LogP contribution is 2.23. The minimum Gasteiger partial charge on any atom is -0.383 e. The fraction of sp³-hybridized carbons (Fsp3) is 0.455. The lowest BCUT2D eigenvalue weighted by Gasteiger charge is -2.21. The van der Waals surface area contributed by atoms with Crippen LogP contribution in [0.15, 0.2) is 12.3 Å². The molecule has 2 rings (SSSR count). The van der Waals surface area contributed by atoms with E-state index in [1.807, 2.05) is 23.5 Å². The summed E-state index contributed by atoms with van der Waals surface area (Å²) in [6.45, 7) is 0.526. The third-order valence-electron chi connectivity index (χ3n) is 2.73. The minimum atomic E-state index is -0.600. The number of nitrogen functional groups attached to an aromatic ring is 1. The number of hydrogen-bond donors (Lipinski definition) is 2. The highest BCUT2D eigenvalue weighted by atomic mass is 32.2. The van der Waals surface area contributed by atoms with Gasteiger partial charge >= 0.3 is 0 Å². The quantitative estimate of drug-likeness (QED) is 0.633. The molecule has 1 amide bonds. The van der Waals surface area contributed by atoms with Gasteiger partial charge in [-0.3, -0.25) is 14.9 Å². The topological polar surface area (TPSA) is 111 Å². The molecule has 0 spiro atoms. The zero-order chi connectivity index (χ0) is 14.5. The molecular formula is C11H14N4O3S2. The summed E-state index contributed by atoms with van der Waals surface area (Å²) < 4.78 is 0. The van der Waals surface area contributed by atoms with Gasteiger partial charge in [-0.1, -0.05) is 0 Å². The molecule has 1 aromatic heterocycles. The summed E-state index contributed by atoms with van der Waals surface area (Å²) in [4.78, 5) is 25.8. The standard InChI is InChI=1S/C11H14N4O3S2/c12-10-9(3-7(4-13-10)15(17)18)11(16)14-5-8-6-19-1-2-20-8/h3-4,8H,1-2,5-6H2,(H2,12,13)(H,14,16). The van der Waals surface area contributed by atoms with Crippen LogP contribution in [-0.4, -0.2) is 44.9 Å². The fourth-order valence-corrected chi connectivity index (χ4v) is 4.31. The van der Waals surface area contributed by atoms with E-state index in [-0.39, 0.29) is 17.1 Å². The van der Waals surface area contributed by atoms with E-state index in [9.17, 15) is 14.9 Å². The Morgan fingerprint density at radius 1 is 1.60 bits per heavy atom. The van der Waals surface area contributed by atoms with E-state index in [0.29, 0.717) is 11.8 Å². The number of nitrogens with one attached hydrogen (secondary N) is 1. The van der Waals surface area contributed by atoms with Crippen molar-refractivity contribution in [3.8, 4) is 0 Å². The molecule has 0 bridgehead atoms. The summed E-state index contributed by atoms with van der Waals surface area (Å²) in [5.41, 5.74) is 5.40. The lowest BCUT2D eigenvalue weighted by Crippen LogP contribution is -2.33. The number of carbonyl (C=O) groups excluding carboxylic acids is 1. The van der Waals surface area contributed by atoms with Crippen molar-refractivity contribution in [1.82, 2.24) is 10.3 Å². The van der Waals surface area contributed by atoms with Gasteiger partial charge in [0.1, 0.15) is 12.0 Å². The predicted octanol–water partition coefficient (Wildman–Crippen LogP) is 1.15. The van der Waals surface area contributed by atoms with Crippen LogP contribution in [0.2, 0.25) is 0 Å². The summed E-state index contributed by atoms with van der Waals surface area (Å²) in [6.07, 6.45) is 1.04. The maximum atomic E-state index is 12.0. The summed E-state index contributed by atoms with van der Waals surface area (Å²) >= 11 is 3.68. The number of aromatic nitrogens is 1. The number of hydrogen-bond acceptors (Lipinski definition) is 7. The predicted molar refractivity (Wildman–Crippen MR) is 81.2 cm³/mol. The van der Waals surface area contributed by atoms with Gasteiger partial charge in [-0.25, -0.2) is 4.98 Å². The molecule has 7 nitrogen and oxygen atoms in total. The average Bonchev–Trinajstić information content (AvgIpc) is 2.46. The number of pyridine rings is 1. The molecule has 1 aliphatic heterocycles. The van der Waals surface area contributed by atoms with Crippen LogP contribution in [0.25, 0.3) is 0 Å². The van der Waals surface area contributed by atoms with Crippen molar-refractivity contribution in [1.29, 1.82) is 0 Å². The van der Waals surface area contributed by atoms with Gasteiger partial charge in [-0.2, -0.15) is 23.5 Å². The second-order valence-electron chi connectivity index (χ2n) is 4.16. The van der Waals surface area contributed by atoms with E-state index in [0.717, 1.165) is 29.5 Å². The summed E-state index contributed by atoms with van der Waals surface area (Å²) in [7, 11) is 0. The Morgan fingerprint density at radius 3 is 3.05 bits per heavy atom. The van der Waals surface area contributed by atoms with E-state index in [1.54, 1.807) is 0 Å². The molecule has 0 aromatic carbocycles. The number of carbonyl (C=O) groups is 1. The molecule has 20 heavy (non-hydrogen) atoms. The van der Waals surface area contributed by atoms with Crippen molar-refractivity contribution in [2.24, 2.45) is 0 Å². The molecule has 1 atom stereocenters. The van der Waals surface area contributed by atoms with Crippen LogP contribution in [0.1, 0.15) is 10.4 Å². The number of anilines is 1. The third kappa shape index (κ3) is 3.76. The maximum Gasteiger partial charge on any atom is 0.288 e. The number of nitrogens with two attached hydrogens (primary N) is 1. The zero-order valence-electron chi connectivity index (χ0n) is 10.6. The smallest absolute Gasteiger partial charge is 0.288 e. The van der Waals surface area contributed by atoms with E-state index in [2.05, 4.69) is 10.3 Å². The maximum absolute atomic E-state index is 12.0. The Kier molecular flexibility index (Phi) is 5.07. The molecule has 3 N–H and O–H groups in total. The van der Waals surface area contributed by atoms with Gasteiger partial charge in [0.2, 0.25) is 0 Å². The van der Waals surface area contributed by atoms with Gasteiger partial charge in [0.05, 0.1) is 10.5 Å². The Morgan fingerprint density at radius 2 is 2.40 bits per heavy atom. The molecule has 1 fully saturated rings. The lowest BCUT2D eigenvalue weighted by molar-refractivity contribution is -0.385. The molecule has 2 heterocycles. The summed E-state index contributed by atoms with van der Waals surface area (Å²) in [5.74, 6) is 2.78. The first-order valence-electron chi connectivity index (χ1n) is 5.95. The van der Waals surface area contributed by atoms with Crippen LogP contribution in [0.3, 0.4) is 0 Å². The molecule has 108 valence electrons. The van der Waals surface area contributed by atoms with Gasteiger partial charge in [0.15, 0.2) is 0 Å². The number of nitro groups is 1. The molecular weight excluding hydrogens is 300 g/mol. The molecule has 0 aliphatic carbocycles. The van der Waals surface area contributed by atoms with Crippen molar-refractivity contribution >= 4 is 40.9 Å². The van der Waals surface area contributed by atoms with Crippen LogP contribution in [0.5, 0.6) is 0 Å². The lowest BCUT2D eigenvalue weighted by atomic mass is 10.2. The van der Waals surface area contributed by atoms with Crippen molar-refractivity contribution < 1.29 is 9.72 Å². The van der Waals surface area contributed by atoms with Gasteiger partial charge in [-0.05, 0) is 0 Å². The van der Waals surface area contributed by atoms with Gasteiger partial charge in [0, 0.05) is 35.1 Å². The van der Waals surface area contributed by atoms with Crippen LogP contribution in [-0.2, 0) is 0 Å². The minimum absolute atomic E-state index is 0.00114. The monoisotopic (exact) mass is 314 g/mol.